The van der Waals surface area contributed by atoms with Crippen LogP contribution in [-0.2, 0) is 6.42 Å². The first-order valence-corrected chi connectivity index (χ1v) is 5.44. The average Bonchev–Trinajstić information content (AvgIpc) is 2.74. The fraction of sp³-hybridized carbons (Fsp3) is 0.154. The first-order valence-electron chi connectivity index (χ1n) is 5.44. The van der Waals surface area contributed by atoms with E-state index in [4.69, 9.17) is 5.11 Å². The molecule has 1 aromatic carbocycles. The minimum absolute atomic E-state index is 0.0229. The van der Waals surface area contributed by atoms with Crippen molar-refractivity contribution in [1.29, 1.82) is 0 Å². The Kier molecular flexibility index (Phi) is 3.23. The Morgan fingerprint density at radius 1 is 1.28 bits per heavy atom. The lowest BCUT2D eigenvalue weighted by Crippen LogP contribution is -2.10. The molecule has 0 saturated heterocycles. The third-order valence-electron chi connectivity index (χ3n) is 2.56. The molecule has 18 heavy (non-hydrogen) atoms. The number of nitrogens with one attached hydrogen (secondary N) is 1. The Morgan fingerprint density at radius 2 is 1.94 bits per heavy atom. The van der Waals surface area contributed by atoms with Gasteiger partial charge in [0.05, 0.1) is 17.7 Å². The van der Waals surface area contributed by atoms with E-state index in [9.17, 15) is 9.59 Å². The molecule has 2 N–H and O–H groups in total. The number of H-pyrrole nitrogens is 1. The summed E-state index contributed by atoms with van der Waals surface area (Å²) in [5, 5.41) is 15.7. The van der Waals surface area contributed by atoms with E-state index in [1.165, 1.54) is 12.1 Å². The molecule has 0 spiro atoms. The molecule has 0 fully saturated rings. The van der Waals surface area contributed by atoms with Crippen molar-refractivity contribution in [2.24, 2.45) is 0 Å². The number of hydrogen-bond acceptors (Lipinski definition) is 3. The van der Waals surface area contributed by atoms with Crippen LogP contribution in [-0.4, -0.2) is 27.1 Å². The third-order valence-corrected chi connectivity index (χ3v) is 2.56. The van der Waals surface area contributed by atoms with Gasteiger partial charge in [0, 0.05) is 11.3 Å². The van der Waals surface area contributed by atoms with Gasteiger partial charge in [-0.15, -0.1) is 0 Å². The summed E-state index contributed by atoms with van der Waals surface area (Å²) in [6, 6.07) is 7.95. The highest BCUT2D eigenvalue weighted by Crippen LogP contribution is 2.12. The molecule has 0 radical (unpaired) electrons. The van der Waals surface area contributed by atoms with Crippen LogP contribution in [0.1, 0.15) is 32.1 Å². The van der Waals surface area contributed by atoms with Gasteiger partial charge in [-0.3, -0.25) is 9.89 Å². The molecule has 1 aromatic heterocycles. The number of aromatic carboxylic acids is 1. The monoisotopic (exact) mass is 244 g/mol. The second kappa shape index (κ2) is 4.83. The molecule has 0 aliphatic rings. The number of carboxylic acid groups (broad SMARTS) is 1. The van der Waals surface area contributed by atoms with Crippen LogP contribution < -0.4 is 0 Å². The number of carbonyl (C=O) groups excluding carboxylic acids is 1. The van der Waals surface area contributed by atoms with E-state index in [1.807, 2.05) is 6.92 Å². The molecule has 2 aromatic rings. The number of rotatable bonds is 4. The molecular weight excluding hydrogens is 232 g/mol. The molecule has 92 valence electrons. The van der Waals surface area contributed by atoms with Gasteiger partial charge < -0.3 is 5.11 Å². The molecular formula is C13H12N2O3. The normalized spacial score (nSPS) is 10.3. The minimum atomic E-state index is -1.10. The molecule has 0 atom stereocenters. The highest BCUT2D eigenvalue weighted by Gasteiger charge is 2.16. The summed E-state index contributed by atoms with van der Waals surface area (Å²) in [5.74, 6) is -1.35. The van der Waals surface area contributed by atoms with E-state index in [1.54, 1.807) is 18.2 Å². The lowest BCUT2D eigenvalue weighted by atomic mass is 10.0. The van der Waals surface area contributed by atoms with Crippen LogP contribution in [0, 0.1) is 6.92 Å². The number of carboxylic acids is 1. The summed E-state index contributed by atoms with van der Waals surface area (Å²) < 4.78 is 0. The molecule has 0 saturated carbocycles. The van der Waals surface area contributed by atoms with Gasteiger partial charge in [0.1, 0.15) is 0 Å². The van der Waals surface area contributed by atoms with Crippen molar-refractivity contribution in [2.75, 3.05) is 0 Å². The zero-order chi connectivity index (χ0) is 13.1. The molecule has 0 amide bonds. The molecule has 1 heterocycles. The maximum absolute atomic E-state index is 12.0. The summed E-state index contributed by atoms with van der Waals surface area (Å²) in [7, 11) is 0. The maximum atomic E-state index is 12.0. The largest absolute Gasteiger partial charge is 0.478 e. The maximum Gasteiger partial charge on any atom is 0.336 e. The zero-order valence-corrected chi connectivity index (χ0v) is 9.80. The van der Waals surface area contributed by atoms with Gasteiger partial charge in [-0.1, -0.05) is 18.2 Å². The van der Waals surface area contributed by atoms with Crippen molar-refractivity contribution >= 4 is 11.8 Å². The van der Waals surface area contributed by atoms with E-state index in [-0.39, 0.29) is 23.3 Å². The quantitative estimate of drug-likeness (QED) is 0.804. The van der Waals surface area contributed by atoms with Crippen molar-refractivity contribution in [1.82, 2.24) is 10.2 Å². The van der Waals surface area contributed by atoms with Gasteiger partial charge in [0.2, 0.25) is 0 Å². The first-order chi connectivity index (χ1) is 8.58. The fourth-order valence-corrected chi connectivity index (χ4v) is 1.74. The highest BCUT2D eigenvalue weighted by molar-refractivity contribution is 6.06. The van der Waals surface area contributed by atoms with Crippen molar-refractivity contribution in [3.63, 3.8) is 0 Å². The molecule has 5 heteroatoms. The van der Waals surface area contributed by atoms with Crippen LogP contribution in [0.3, 0.4) is 0 Å². The van der Waals surface area contributed by atoms with Crippen LogP contribution in [0.15, 0.2) is 30.3 Å². The molecule has 0 aliphatic heterocycles. The van der Waals surface area contributed by atoms with Crippen LogP contribution in [0.4, 0.5) is 0 Å². The second-order valence-electron chi connectivity index (χ2n) is 3.99. The Balaban J connectivity index is 2.26. The van der Waals surface area contributed by atoms with E-state index in [0.717, 1.165) is 5.69 Å². The number of carbonyl (C=O) groups is 2. The smallest absolute Gasteiger partial charge is 0.336 e. The molecule has 5 nitrogen and oxygen atoms in total. The molecule has 0 aliphatic carbocycles. The van der Waals surface area contributed by atoms with Gasteiger partial charge in [-0.2, -0.15) is 5.10 Å². The number of ketones is 1. The van der Waals surface area contributed by atoms with E-state index < -0.39 is 5.97 Å². The number of aromatic amines is 1. The topological polar surface area (TPSA) is 83.1 Å². The summed E-state index contributed by atoms with van der Waals surface area (Å²) in [5.41, 5.74) is 1.71. The Bertz CT molecular complexity index is 602. The van der Waals surface area contributed by atoms with Crippen molar-refractivity contribution < 1.29 is 14.7 Å². The predicted molar refractivity (Wildman–Crippen MR) is 64.8 cm³/mol. The summed E-state index contributed by atoms with van der Waals surface area (Å²) >= 11 is 0. The summed E-state index contributed by atoms with van der Waals surface area (Å²) in [6.45, 7) is 1.84. The van der Waals surface area contributed by atoms with E-state index >= 15 is 0 Å². The molecule has 0 bridgehead atoms. The zero-order valence-electron chi connectivity index (χ0n) is 9.80. The van der Waals surface area contributed by atoms with Crippen molar-refractivity contribution in [3.8, 4) is 0 Å². The Hall–Kier alpha value is -2.43. The highest BCUT2D eigenvalue weighted by atomic mass is 16.4. The SMILES string of the molecule is Cc1cc(CC(=O)c2ccccc2C(=O)O)n[nH]1. The standard InChI is InChI=1S/C13H12N2O3/c1-8-6-9(15-14-8)7-12(16)10-4-2-3-5-11(10)13(17)18/h2-6H,7H2,1H3,(H,14,15)(H,17,18). The van der Waals surface area contributed by atoms with Gasteiger partial charge in [-0.05, 0) is 19.1 Å². The average molecular weight is 244 g/mol. The van der Waals surface area contributed by atoms with Crippen molar-refractivity contribution in [2.45, 2.75) is 13.3 Å². The van der Waals surface area contributed by atoms with Gasteiger partial charge in [0.15, 0.2) is 5.78 Å². The molecule has 2 rings (SSSR count). The lowest BCUT2D eigenvalue weighted by molar-refractivity contribution is 0.0692. The third kappa shape index (κ3) is 2.45. The second-order valence-corrected chi connectivity index (χ2v) is 3.99. The van der Waals surface area contributed by atoms with Crippen LogP contribution in [0.5, 0.6) is 0 Å². The molecule has 0 unspecified atom stereocenters. The number of benzene rings is 1. The lowest BCUT2D eigenvalue weighted by Gasteiger charge is -2.03. The van der Waals surface area contributed by atoms with Crippen molar-refractivity contribution in [3.05, 3.63) is 52.8 Å². The number of nitrogens with zero attached hydrogens (tertiary/aromatic N) is 1. The van der Waals surface area contributed by atoms with E-state index in [0.29, 0.717) is 5.69 Å². The van der Waals surface area contributed by atoms with E-state index in [2.05, 4.69) is 10.2 Å². The minimum Gasteiger partial charge on any atom is -0.478 e. The number of aryl methyl sites for hydroxylation is 1. The number of Topliss-reactive ketones (excluding diaryl/α,β-unsaturated/α-hetero) is 1. The Labute approximate surface area is 103 Å². The summed E-state index contributed by atoms with van der Waals surface area (Å²) in [6.07, 6.45) is 0.0919. The van der Waals surface area contributed by atoms with Gasteiger partial charge in [-0.25, -0.2) is 4.79 Å². The van der Waals surface area contributed by atoms with Crippen LogP contribution in [0.2, 0.25) is 0 Å². The predicted octanol–water partition coefficient (Wildman–Crippen LogP) is 1.84. The van der Waals surface area contributed by atoms with Crippen LogP contribution in [0.25, 0.3) is 0 Å². The van der Waals surface area contributed by atoms with Gasteiger partial charge in [0.25, 0.3) is 0 Å². The number of hydrogen-bond donors (Lipinski definition) is 2. The Morgan fingerprint density at radius 3 is 2.50 bits per heavy atom. The summed E-state index contributed by atoms with van der Waals surface area (Å²) in [4.78, 5) is 23.0. The first kappa shape index (κ1) is 12.0. The number of aromatic nitrogens is 2. The van der Waals surface area contributed by atoms with Crippen LogP contribution >= 0.6 is 0 Å². The van der Waals surface area contributed by atoms with Gasteiger partial charge >= 0.3 is 5.97 Å². The fourth-order valence-electron chi connectivity index (χ4n) is 1.74.